The summed E-state index contributed by atoms with van der Waals surface area (Å²) in [7, 11) is -4.05. The van der Waals surface area contributed by atoms with Crippen molar-refractivity contribution in [1.29, 1.82) is 0 Å². The summed E-state index contributed by atoms with van der Waals surface area (Å²) in [4.78, 5) is -0.825. The SMILES string of the molecule is COc1cccc(S(=O)(=O)C(F)(F)F)c1. The molecular weight excluding hydrogens is 233 g/mol. The number of alkyl halides is 3. The molecule has 0 N–H and O–H groups in total. The van der Waals surface area contributed by atoms with Gasteiger partial charge in [0.1, 0.15) is 5.75 Å². The van der Waals surface area contributed by atoms with Gasteiger partial charge in [0.05, 0.1) is 12.0 Å². The maximum atomic E-state index is 12.1. The van der Waals surface area contributed by atoms with E-state index in [9.17, 15) is 21.6 Å². The summed E-state index contributed by atoms with van der Waals surface area (Å²) in [5, 5.41) is 0. The number of rotatable bonds is 2. The highest BCUT2D eigenvalue weighted by Crippen LogP contribution is 2.31. The van der Waals surface area contributed by atoms with Crippen LogP contribution in [0.3, 0.4) is 0 Å². The molecular formula is C8H7F3O3S. The molecule has 0 aliphatic carbocycles. The molecule has 0 saturated carbocycles. The molecule has 0 heterocycles. The molecule has 0 aliphatic heterocycles. The average molecular weight is 240 g/mol. The number of halogens is 3. The predicted octanol–water partition coefficient (Wildman–Crippen LogP) is 1.99. The molecule has 0 aromatic heterocycles. The van der Waals surface area contributed by atoms with Gasteiger partial charge in [-0.2, -0.15) is 13.2 Å². The van der Waals surface area contributed by atoms with Crippen molar-refractivity contribution in [1.82, 2.24) is 0 Å². The molecule has 15 heavy (non-hydrogen) atoms. The molecule has 1 aromatic carbocycles. The van der Waals surface area contributed by atoms with E-state index in [1.165, 1.54) is 19.2 Å². The molecule has 0 bridgehead atoms. The van der Waals surface area contributed by atoms with Crippen molar-refractivity contribution in [3.8, 4) is 5.75 Å². The van der Waals surface area contributed by atoms with Crippen molar-refractivity contribution < 1.29 is 26.3 Å². The Hall–Kier alpha value is -1.24. The van der Waals surface area contributed by atoms with Crippen molar-refractivity contribution in [3.05, 3.63) is 24.3 Å². The largest absolute Gasteiger partial charge is 0.501 e. The van der Waals surface area contributed by atoms with Crippen LogP contribution in [0.2, 0.25) is 0 Å². The summed E-state index contributed by atoms with van der Waals surface area (Å²) in [5.41, 5.74) is -5.29. The van der Waals surface area contributed by atoms with Crippen LogP contribution in [0.25, 0.3) is 0 Å². The quantitative estimate of drug-likeness (QED) is 0.794. The maximum absolute atomic E-state index is 12.1. The van der Waals surface area contributed by atoms with E-state index in [4.69, 9.17) is 0 Å². The summed E-state index contributed by atoms with van der Waals surface area (Å²) < 4.78 is 62.9. The van der Waals surface area contributed by atoms with Crippen molar-refractivity contribution in [2.75, 3.05) is 7.11 Å². The molecule has 0 saturated heterocycles. The molecule has 84 valence electrons. The Kier molecular flexibility index (Phi) is 2.94. The number of sulfone groups is 1. The van der Waals surface area contributed by atoms with E-state index >= 15 is 0 Å². The Labute approximate surface area is 84.4 Å². The Balaban J connectivity index is 3.29. The van der Waals surface area contributed by atoms with Crippen LogP contribution in [0.15, 0.2) is 29.2 Å². The van der Waals surface area contributed by atoms with Crippen LogP contribution in [-0.2, 0) is 9.84 Å². The summed E-state index contributed by atoms with van der Waals surface area (Å²) in [6.07, 6.45) is 0. The standard InChI is InChI=1S/C8H7F3O3S/c1-14-6-3-2-4-7(5-6)15(12,13)8(9,10)11/h2-5H,1H3. The van der Waals surface area contributed by atoms with Gasteiger partial charge in [0.25, 0.3) is 9.84 Å². The van der Waals surface area contributed by atoms with Gasteiger partial charge in [0, 0.05) is 0 Å². The van der Waals surface area contributed by atoms with Crippen LogP contribution in [-0.4, -0.2) is 21.0 Å². The zero-order chi connectivity index (χ0) is 11.7. The van der Waals surface area contributed by atoms with E-state index in [0.29, 0.717) is 0 Å². The maximum Gasteiger partial charge on any atom is 0.501 e. The summed E-state index contributed by atoms with van der Waals surface area (Å²) in [6.45, 7) is 0. The molecule has 0 unspecified atom stereocenters. The first-order valence-corrected chi connectivity index (χ1v) is 5.23. The first kappa shape index (κ1) is 11.8. The van der Waals surface area contributed by atoms with Gasteiger partial charge in [-0.1, -0.05) is 6.07 Å². The zero-order valence-corrected chi connectivity index (χ0v) is 8.39. The van der Waals surface area contributed by atoms with Gasteiger partial charge >= 0.3 is 5.51 Å². The smallest absolute Gasteiger partial charge is 0.497 e. The Bertz CT molecular complexity index is 450. The van der Waals surface area contributed by atoms with E-state index in [1.807, 2.05) is 0 Å². The second-order valence-corrected chi connectivity index (χ2v) is 4.57. The fourth-order valence-electron chi connectivity index (χ4n) is 0.902. The highest BCUT2D eigenvalue weighted by atomic mass is 32.2. The lowest BCUT2D eigenvalue weighted by Gasteiger charge is -2.08. The minimum atomic E-state index is -5.29. The number of hydrogen-bond acceptors (Lipinski definition) is 3. The van der Waals surface area contributed by atoms with Gasteiger partial charge in [-0.3, -0.25) is 0 Å². The molecule has 0 amide bonds. The zero-order valence-electron chi connectivity index (χ0n) is 7.58. The molecule has 3 nitrogen and oxygen atoms in total. The molecule has 0 fully saturated rings. The first-order valence-electron chi connectivity index (χ1n) is 3.74. The van der Waals surface area contributed by atoms with E-state index in [0.717, 1.165) is 12.1 Å². The van der Waals surface area contributed by atoms with Crippen LogP contribution in [0.5, 0.6) is 5.75 Å². The van der Waals surface area contributed by atoms with Crippen molar-refractivity contribution in [3.63, 3.8) is 0 Å². The summed E-state index contributed by atoms with van der Waals surface area (Å²) in [6, 6.07) is 4.22. The lowest BCUT2D eigenvalue weighted by molar-refractivity contribution is -0.0436. The third-order valence-electron chi connectivity index (χ3n) is 1.66. The Morgan fingerprint density at radius 1 is 1.27 bits per heavy atom. The number of hydrogen-bond donors (Lipinski definition) is 0. The highest BCUT2D eigenvalue weighted by molar-refractivity contribution is 7.92. The lowest BCUT2D eigenvalue weighted by Crippen LogP contribution is -2.23. The first-order chi connectivity index (χ1) is 6.79. The van der Waals surface area contributed by atoms with Crippen LogP contribution >= 0.6 is 0 Å². The fraction of sp³-hybridized carbons (Fsp3) is 0.250. The summed E-state index contributed by atoms with van der Waals surface area (Å²) in [5.74, 6) is 0.0559. The second-order valence-electron chi connectivity index (χ2n) is 2.63. The van der Waals surface area contributed by atoms with E-state index in [-0.39, 0.29) is 5.75 Å². The van der Waals surface area contributed by atoms with E-state index in [2.05, 4.69) is 4.74 Å². The molecule has 0 radical (unpaired) electrons. The van der Waals surface area contributed by atoms with Gasteiger partial charge in [-0.15, -0.1) is 0 Å². The van der Waals surface area contributed by atoms with Gasteiger partial charge in [0.2, 0.25) is 0 Å². The van der Waals surface area contributed by atoms with Crippen LogP contribution in [0.1, 0.15) is 0 Å². The molecule has 0 atom stereocenters. The molecule has 7 heteroatoms. The Morgan fingerprint density at radius 3 is 2.33 bits per heavy atom. The Morgan fingerprint density at radius 2 is 1.87 bits per heavy atom. The summed E-state index contributed by atoms with van der Waals surface area (Å²) >= 11 is 0. The fourth-order valence-corrected chi connectivity index (χ4v) is 1.70. The topological polar surface area (TPSA) is 43.4 Å². The molecule has 0 aliphatic rings. The molecule has 1 aromatic rings. The minimum absolute atomic E-state index is 0.0559. The highest BCUT2D eigenvalue weighted by Gasteiger charge is 2.46. The second kappa shape index (κ2) is 3.73. The molecule has 1 rings (SSSR count). The monoisotopic (exact) mass is 240 g/mol. The van der Waals surface area contributed by atoms with Gasteiger partial charge in [0.15, 0.2) is 0 Å². The number of methoxy groups -OCH3 is 1. The van der Waals surface area contributed by atoms with Gasteiger partial charge in [-0.05, 0) is 18.2 Å². The van der Waals surface area contributed by atoms with Crippen molar-refractivity contribution >= 4 is 9.84 Å². The van der Waals surface area contributed by atoms with Crippen molar-refractivity contribution in [2.24, 2.45) is 0 Å². The third-order valence-corrected chi connectivity index (χ3v) is 3.14. The van der Waals surface area contributed by atoms with E-state index in [1.54, 1.807) is 0 Å². The average Bonchev–Trinajstić information content (AvgIpc) is 2.16. The predicted molar refractivity (Wildman–Crippen MR) is 46.2 cm³/mol. The number of ether oxygens (including phenoxy) is 1. The van der Waals surface area contributed by atoms with Crippen molar-refractivity contribution in [2.45, 2.75) is 10.4 Å². The number of benzene rings is 1. The third kappa shape index (κ3) is 2.23. The minimum Gasteiger partial charge on any atom is -0.497 e. The van der Waals surface area contributed by atoms with Crippen LogP contribution in [0, 0.1) is 0 Å². The lowest BCUT2D eigenvalue weighted by atomic mass is 10.3. The van der Waals surface area contributed by atoms with E-state index < -0.39 is 20.2 Å². The van der Waals surface area contributed by atoms with Crippen LogP contribution in [0.4, 0.5) is 13.2 Å². The van der Waals surface area contributed by atoms with Crippen LogP contribution < -0.4 is 4.74 Å². The van der Waals surface area contributed by atoms with Gasteiger partial charge < -0.3 is 4.74 Å². The molecule has 0 spiro atoms. The normalized spacial score (nSPS) is 12.5. The van der Waals surface area contributed by atoms with Gasteiger partial charge in [-0.25, -0.2) is 8.42 Å².